The third kappa shape index (κ3) is 2.84. The van der Waals surface area contributed by atoms with Crippen LogP contribution in [-0.2, 0) is 21.1 Å². The fourth-order valence-electron chi connectivity index (χ4n) is 1.43. The van der Waals surface area contributed by atoms with Gasteiger partial charge in [0.25, 0.3) is 0 Å². The molecule has 0 bridgehead atoms. The molecule has 0 atom stereocenters. The number of aryl methyl sites for hydroxylation is 1. The molecule has 0 saturated heterocycles. The van der Waals surface area contributed by atoms with Crippen LogP contribution in [0.5, 0.6) is 0 Å². The second-order valence-electron chi connectivity index (χ2n) is 3.84. The van der Waals surface area contributed by atoms with E-state index in [1.54, 1.807) is 13.0 Å². The van der Waals surface area contributed by atoms with Gasteiger partial charge in [-0.3, -0.25) is 0 Å². The smallest absolute Gasteiger partial charge is 0.230 e. The van der Waals surface area contributed by atoms with Crippen LogP contribution in [0.2, 0.25) is 0 Å². The predicted molar refractivity (Wildman–Crippen MR) is 58.9 cm³/mol. The van der Waals surface area contributed by atoms with Gasteiger partial charge in [0.05, 0.1) is 0 Å². The molecule has 0 fully saturated rings. The van der Waals surface area contributed by atoms with Crippen molar-refractivity contribution >= 4 is 0 Å². The molecule has 0 spiro atoms. The van der Waals surface area contributed by atoms with Crippen LogP contribution in [0.4, 0.5) is 13.2 Å². The number of hydrogen-bond acceptors (Lipinski definition) is 0. The average molecular weight is 418 g/mol. The van der Waals surface area contributed by atoms with Crippen molar-refractivity contribution in [2.24, 2.45) is 0 Å². The Balaban J connectivity index is 0.00000162. The Morgan fingerprint density at radius 2 is 1.50 bits per heavy atom. The molecule has 0 nitrogen and oxygen atoms in total. The van der Waals surface area contributed by atoms with Crippen LogP contribution in [-0.4, -0.2) is 0 Å². The van der Waals surface area contributed by atoms with E-state index in [9.17, 15) is 13.2 Å². The van der Waals surface area contributed by atoms with Gasteiger partial charge >= 0.3 is 21.1 Å². The number of benzene rings is 2. The van der Waals surface area contributed by atoms with Crippen LogP contribution >= 0.6 is 0 Å². The molecule has 2 aromatic carbocycles. The molecule has 92 valence electrons. The summed E-state index contributed by atoms with van der Waals surface area (Å²) in [4.78, 5) is 0. The Morgan fingerprint density at radius 3 is 2.06 bits per heavy atom. The van der Waals surface area contributed by atoms with Crippen molar-refractivity contribution in [2.45, 2.75) is 13.8 Å². The molecule has 0 radical (unpaired) electrons. The average Bonchev–Trinajstić information content (AvgIpc) is 2.29. The van der Waals surface area contributed by atoms with Gasteiger partial charge in [-0.05, 0) is 0 Å². The molecule has 18 heavy (non-hydrogen) atoms. The van der Waals surface area contributed by atoms with Crippen LogP contribution in [0.15, 0.2) is 18.2 Å². The Labute approximate surface area is 118 Å². The zero-order valence-electron chi connectivity index (χ0n) is 9.77. The zero-order chi connectivity index (χ0) is 12.6. The molecule has 0 unspecified atom stereocenters. The molecular formula is C14H9F3W. The summed E-state index contributed by atoms with van der Waals surface area (Å²) < 4.78 is 39.9. The van der Waals surface area contributed by atoms with Gasteiger partial charge in [0, 0.05) is 17.5 Å². The van der Waals surface area contributed by atoms with E-state index in [1.807, 2.05) is 0 Å². The standard InChI is InChI=1S/C14H9F3.W/c1-8-3-4-10(5-12(8)15)11-6-13(16)9(2)14(17)7-11;/h3-4,6H,1-2H3;/q-2;+2. The summed E-state index contributed by atoms with van der Waals surface area (Å²) in [7, 11) is 0. The van der Waals surface area contributed by atoms with Gasteiger partial charge in [-0.1, -0.05) is 25.0 Å². The van der Waals surface area contributed by atoms with Gasteiger partial charge in [0.15, 0.2) is 0 Å². The van der Waals surface area contributed by atoms with Crippen molar-refractivity contribution < 1.29 is 34.2 Å². The molecule has 0 saturated carbocycles. The molecule has 0 heterocycles. The molecule has 0 aromatic heterocycles. The first-order valence-electron chi connectivity index (χ1n) is 5.05. The molecule has 4 heteroatoms. The van der Waals surface area contributed by atoms with E-state index < -0.39 is 17.5 Å². The molecule has 2 rings (SSSR count). The van der Waals surface area contributed by atoms with Crippen molar-refractivity contribution in [3.63, 3.8) is 0 Å². The van der Waals surface area contributed by atoms with E-state index in [4.69, 9.17) is 0 Å². The van der Waals surface area contributed by atoms with Gasteiger partial charge in [-0.2, -0.15) is 24.3 Å². The minimum Gasteiger partial charge on any atom is -0.230 e. The summed E-state index contributed by atoms with van der Waals surface area (Å²) in [6.45, 7) is 2.92. The third-order valence-electron chi connectivity index (χ3n) is 2.58. The van der Waals surface area contributed by atoms with E-state index in [0.29, 0.717) is 5.56 Å². The molecule has 0 aliphatic rings. The normalized spacial score (nSPS) is 10.1. The third-order valence-corrected chi connectivity index (χ3v) is 2.58. The maximum Gasteiger partial charge on any atom is 2.00 e. The summed E-state index contributed by atoms with van der Waals surface area (Å²) in [5, 5.41) is 0. The van der Waals surface area contributed by atoms with Gasteiger partial charge < -0.3 is 0 Å². The number of rotatable bonds is 1. The largest absolute Gasteiger partial charge is 2.00 e. The van der Waals surface area contributed by atoms with E-state index in [1.165, 1.54) is 13.0 Å². The van der Waals surface area contributed by atoms with E-state index >= 15 is 0 Å². The van der Waals surface area contributed by atoms with Crippen molar-refractivity contribution in [1.82, 2.24) is 0 Å². The summed E-state index contributed by atoms with van der Waals surface area (Å²) in [6.07, 6.45) is 0. The van der Waals surface area contributed by atoms with Crippen LogP contribution in [0.1, 0.15) is 11.1 Å². The molecule has 2 aromatic rings. The summed E-state index contributed by atoms with van der Waals surface area (Å²) in [5.41, 5.74) is 0.776. The minimum atomic E-state index is -0.769. The van der Waals surface area contributed by atoms with Gasteiger partial charge in [-0.25, -0.2) is 24.3 Å². The second-order valence-corrected chi connectivity index (χ2v) is 3.84. The summed E-state index contributed by atoms with van der Waals surface area (Å²) >= 11 is 0. The summed E-state index contributed by atoms with van der Waals surface area (Å²) in [5.74, 6) is -1.97. The molecule has 0 aliphatic heterocycles. The monoisotopic (exact) mass is 418 g/mol. The maximum atomic E-state index is 13.3. The first-order valence-corrected chi connectivity index (χ1v) is 5.05. The van der Waals surface area contributed by atoms with E-state index in [2.05, 4.69) is 12.1 Å². The predicted octanol–water partition coefficient (Wildman–Crippen LogP) is 3.99. The van der Waals surface area contributed by atoms with Crippen molar-refractivity contribution in [2.75, 3.05) is 0 Å². The Kier molecular flexibility index (Phi) is 4.75. The Morgan fingerprint density at radius 1 is 0.889 bits per heavy atom. The van der Waals surface area contributed by atoms with Gasteiger partial charge in [-0.15, -0.1) is 6.07 Å². The van der Waals surface area contributed by atoms with Crippen molar-refractivity contribution in [3.05, 3.63) is 58.9 Å². The molecule has 0 N–H and O–H groups in total. The number of hydrogen-bond donors (Lipinski definition) is 0. The van der Waals surface area contributed by atoms with Gasteiger partial charge in [0.1, 0.15) is 0 Å². The maximum absolute atomic E-state index is 13.3. The molecule has 0 aliphatic carbocycles. The van der Waals surface area contributed by atoms with Crippen LogP contribution in [0, 0.1) is 43.4 Å². The Bertz CT molecular complexity index is 556. The topological polar surface area (TPSA) is 0 Å². The van der Waals surface area contributed by atoms with Crippen LogP contribution < -0.4 is 0 Å². The fourth-order valence-corrected chi connectivity index (χ4v) is 1.43. The summed E-state index contributed by atoms with van der Waals surface area (Å²) in [6, 6.07) is 9.02. The minimum absolute atomic E-state index is 0. The van der Waals surface area contributed by atoms with Crippen molar-refractivity contribution in [1.29, 1.82) is 0 Å². The fraction of sp³-hybridized carbons (Fsp3) is 0.143. The molecular weight excluding hydrogens is 409 g/mol. The zero-order valence-corrected chi connectivity index (χ0v) is 12.7. The SMILES string of the molecule is Cc1ccc(-c2[c-]c(F)c(C)c(F)c2)[c-]c1F.[W+2]. The Hall–Kier alpha value is -1.08. The second kappa shape index (κ2) is 5.71. The number of halogens is 3. The van der Waals surface area contributed by atoms with Crippen LogP contribution in [0.3, 0.4) is 0 Å². The van der Waals surface area contributed by atoms with Crippen LogP contribution in [0.25, 0.3) is 11.1 Å². The first-order chi connectivity index (χ1) is 7.99. The quantitative estimate of drug-likeness (QED) is 0.615. The van der Waals surface area contributed by atoms with E-state index in [-0.39, 0.29) is 37.8 Å². The van der Waals surface area contributed by atoms with Crippen molar-refractivity contribution in [3.8, 4) is 11.1 Å². The van der Waals surface area contributed by atoms with E-state index in [0.717, 1.165) is 6.07 Å². The first kappa shape index (κ1) is 15.0. The van der Waals surface area contributed by atoms with Gasteiger partial charge in [0.2, 0.25) is 0 Å². The molecule has 0 amide bonds.